The van der Waals surface area contributed by atoms with Crippen LogP contribution in [0.3, 0.4) is 0 Å². The summed E-state index contributed by atoms with van der Waals surface area (Å²) in [6, 6.07) is 26.3. The van der Waals surface area contributed by atoms with E-state index in [4.69, 9.17) is 16.3 Å². The number of nitrogens with one attached hydrogen (secondary N) is 1. The molecule has 0 aliphatic carbocycles. The molecule has 0 aromatic heterocycles. The van der Waals surface area contributed by atoms with E-state index in [-0.39, 0.29) is 18.6 Å². The molecule has 4 heteroatoms. The molecule has 25 heavy (non-hydrogen) atoms. The van der Waals surface area contributed by atoms with E-state index in [2.05, 4.69) is 5.32 Å². The largest absolute Gasteiger partial charge is 0.484 e. The Morgan fingerprint density at radius 2 is 1.40 bits per heavy atom. The number of hydrogen-bond donors (Lipinski definition) is 1. The molecule has 1 amide bonds. The minimum Gasteiger partial charge on any atom is -0.484 e. The van der Waals surface area contributed by atoms with Gasteiger partial charge in [0, 0.05) is 5.02 Å². The predicted octanol–water partition coefficient (Wildman–Crippen LogP) is 4.62. The highest BCUT2D eigenvalue weighted by molar-refractivity contribution is 6.30. The standard InChI is InChI=1S/C21H18ClNO2/c22-18-13-11-17(12-14-18)21(16-7-3-1-4-8-16)23-20(24)15-25-19-9-5-2-6-10-19/h1-14,21H,15H2,(H,23,24). The third kappa shape index (κ3) is 4.85. The Morgan fingerprint density at radius 3 is 2.04 bits per heavy atom. The van der Waals surface area contributed by atoms with Crippen molar-refractivity contribution in [1.29, 1.82) is 0 Å². The van der Waals surface area contributed by atoms with Crippen molar-refractivity contribution in [2.75, 3.05) is 6.61 Å². The Morgan fingerprint density at radius 1 is 0.840 bits per heavy atom. The van der Waals surface area contributed by atoms with Gasteiger partial charge in [0.15, 0.2) is 6.61 Å². The van der Waals surface area contributed by atoms with Crippen molar-refractivity contribution < 1.29 is 9.53 Å². The van der Waals surface area contributed by atoms with Crippen LogP contribution in [-0.2, 0) is 4.79 Å². The Balaban J connectivity index is 1.73. The van der Waals surface area contributed by atoms with Crippen LogP contribution in [0, 0.1) is 0 Å². The lowest BCUT2D eigenvalue weighted by Gasteiger charge is -2.20. The van der Waals surface area contributed by atoms with Gasteiger partial charge in [-0.05, 0) is 35.4 Å². The van der Waals surface area contributed by atoms with Crippen LogP contribution in [-0.4, -0.2) is 12.5 Å². The maximum Gasteiger partial charge on any atom is 0.258 e. The van der Waals surface area contributed by atoms with Crippen molar-refractivity contribution in [3.05, 3.63) is 101 Å². The van der Waals surface area contributed by atoms with Crippen LogP contribution in [0.4, 0.5) is 0 Å². The summed E-state index contributed by atoms with van der Waals surface area (Å²) >= 11 is 5.98. The van der Waals surface area contributed by atoms with Gasteiger partial charge in [0.05, 0.1) is 6.04 Å². The van der Waals surface area contributed by atoms with Crippen LogP contribution < -0.4 is 10.1 Å². The smallest absolute Gasteiger partial charge is 0.258 e. The molecular formula is C21H18ClNO2. The molecule has 1 atom stereocenters. The van der Waals surface area contributed by atoms with Crippen molar-refractivity contribution in [2.24, 2.45) is 0 Å². The fraction of sp³-hybridized carbons (Fsp3) is 0.0952. The Hall–Kier alpha value is -2.78. The average Bonchev–Trinajstić information content (AvgIpc) is 2.67. The number of hydrogen-bond acceptors (Lipinski definition) is 2. The molecule has 126 valence electrons. The maximum atomic E-state index is 12.4. The van der Waals surface area contributed by atoms with Crippen molar-refractivity contribution in [3.8, 4) is 5.75 Å². The second-order valence-corrected chi connectivity index (χ2v) is 6.00. The average molecular weight is 352 g/mol. The molecule has 0 spiro atoms. The number of halogens is 1. The summed E-state index contributed by atoms with van der Waals surface area (Å²) in [4.78, 5) is 12.4. The molecule has 3 aromatic carbocycles. The summed E-state index contributed by atoms with van der Waals surface area (Å²) in [6.07, 6.45) is 0. The van der Waals surface area contributed by atoms with E-state index in [1.807, 2.05) is 84.9 Å². The third-order valence-corrected chi connectivity index (χ3v) is 4.01. The van der Waals surface area contributed by atoms with Crippen LogP contribution >= 0.6 is 11.6 Å². The monoisotopic (exact) mass is 351 g/mol. The molecule has 1 unspecified atom stereocenters. The topological polar surface area (TPSA) is 38.3 Å². The first-order valence-electron chi connectivity index (χ1n) is 8.00. The lowest BCUT2D eigenvalue weighted by atomic mass is 9.99. The number of rotatable bonds is 6. The van der Waals surface area contributed by atoms with Crippen LogP contribution in [0.2, 0.25) is 5.02 Å². The summed E-state index contributed by atoms with van der Waals surface area (Å²) in [6.45, 7) is -0.0407. The maximum absolute atomic E-state index is 12.4. The quantitative estimate of drug-likeness (QED) is 0.703. The molecule has 0 saturated carbocycles. The van der Waals surface area contributed by atoms with Gasteiger partial charge in [-0.25, -0.2) is 0 Å². The highest BCUT2D eigenvalue weighted by atomic mass is 35.5. The second kappa shape index (κ2) is 8.36. The minimum atomic E-state index is -0.259. The van der Waals surface area contributed by atoms with Crippen molar-refractivity contribution in [1.82, 2.24) is 5.32 Å². The third-order valence-electron chi connectivity index (χ3n) is 3.75. The van der Waals surface area contributed by atoms with Crippen molar-refractivity contribution in [3.63, 3.8) is 0 Å². The van der Waals surface area contributed by atoms with Gasteiger partial charge in [0.25, 0.3) is 5.91 Å². The molecule has 0 radical (unpaired) electrons. The summed E-state index contributed by atoms with van der Waals surface area (Å²) in [5.74, 6) is 0.480. The Labute approximate surface area is 152 Å². The lowest BCUT2D eigenvalue weighted by Crippen LogP contribution is -2.33. The van der Waals surface area contributed by atoms with Gasteiger partial charge in [-0.15, -0.1) is 0 Å². The molecular weight excluding hydrogens is 334 g/mol. The normalized spacial score (nSPS) is 11.6. The highest BCUT2D eigenvalue weighted by Crippen LogP contribution is 2.23. The molecule has 3 rings (SSSR count). The van der Waals surface area contributed by atoms with E-state index in [1.54, 1.807) is 0 Å². The molecule has 0 heterocycles. The minimum absolute atomic E-state index is 0.0407. The van der Waals surface area contributed by atoms with Crippen LogP contribution in [0.25, 0.3) is 0 Å². The van der Waals surface area contributed by atoms with Crippen molar-refractivity contribution in [2.45, 2.75) is 6.04 Å². The summed E-state index contributed by atoms with van der Waals surface area (Å²) < 4.78 is 5.53. The summed E-state index contributed by atoms with van der Waals surface area (Å²) in [7, 11) is 0. The molecule has 0 fully saturated rings. The first kappa shape index (κ1) is 17.1. The van der Waals surface area contributed by atoms with Gasteiger partial charge in [-0.2, -0.15) is 0 Å². The zero-order valence-corrected chi connectivity index (χ0v) is 14.3. The fourth-order valence-corrected chi connectivity index (χ4v) is 2.65. The molecule has 1 N–H and O–H groups in total. The van der Waals surface area contributed by atoms with Gasteiger partial charge >= 0.3 is 0 Å². The molecule has 0 aliphatic rings. The van der Waals surface area contributed by atoms with Gasteiger partial charge in [-0.3, -0.25) is 4.79 Å². The fourth-order valence-electron chi connectivity index (χ4n) is 2.53. The van der Waals surface area contributed by atoms with Gasteiger partial charge < -0.3 is 10.1 Å². The van der Waals surface area contributed by atoms with Crippen molar-refractivity contribution >= 4 is 17.5 Å². The Kier molecular flexibility index (Phi) is 5.70. The number of carbonyl (C=O) groups is 1. The highest BCUT2D eigenvalue weighted by Gasteiger charge is 2.17. The van der Waals surface area contributed by atoms with E-state index in [9.17, 15) is 4.79 Å². The van der Waals surface area contributed by atoms with Gasteiger partial charge in [-0.1, -0.05) is 72.3 Å². The first-order valence-corrected chi connectivity index (χ1v) is 8.38. The predicted molar refractivity (Wildman–Crippen MR) is 99.8 cm³/mol. The number of amides is 1. The second-order valence-electron chi connectivity index (χ2n) is 5.56. The van der Waals surface area contributed by atoms with E-state index < -0.39 is 0 Å². The number of para-hydroxylation sites is 1. The van der Waals surface area contributed by atoms with Gasteiger partial charge in [0.1, 0.15) is 5.75 Å². The molecule has 0 saturated heterocycles. The van der Waals surface area contributed by atoms with E-state index >= 15 is 0 Å². The zero-order valence-electron chi connectivity index (χ0n) is 13.6. The van der Waals surface area contributed by atoms with Crippen LogP contribution in [0.1, 0.15) is 17.2 Å². The van der Waals surface area contributed by atoms with Crippen LogP contribution in [0.15, 0.2) is 84.9 Å². The number of benzene rings is 3. The summed E-state index contributed by atoms with van der Waals surface area (Å²) in [5, 5.41) is 3.69. The Bertz CT molecular complexity index is 804. The lowest BCUT2D eigenvalue weighted by molar-refractivity contribution is -0.123. The van der Waals surface area contributed by atoms with Crippen LogP contribution in [0.5, 0.6) is 5.75 Å². The molecule has 0 aliphatic heterocycles. The number of ether oxygens (including phenoxy) is 1. The number of carbonyl (C=O) groups excluding carboxylic acids is 1. The zero-order chi connectivity index (χ0) is 17.5. The molecule has 0 bridgehead atoms. The van der Waals surface area contributed by atoms with E-state index in [1.165, 1.54) is 0 Å². The molecule has 3 aromatic rings. The van der Waals surface area contributed by atoms with E-state index in [0.717, 1.165) is 11.1 Å². The molecule has 3 nitrogen and oxygen atoms in total. The first-order chi connectivity index (χ1) is 12.2. The van der Waals surface area contributed by atoms with E-state index in [0.29, 0.717) is 10.8 Å². The summed E-state index contributed by atoms with van der Waals surface area (Å²) in [5.41, 5.74) is 1.96. The SMILES string of the molecule is O=C(COc1ccccc1)NC(c1ccccc1)c1ccc(Cl)cc1. The van der Waals surface area contributed by atoms with Gasteiger partial charge in [0.2, 0.25) is 0 Å².